The fraction of sp³-hybridized carbons (Fsp3) is 0.300. The van der Waals surface area contributed by atoms with E-state index in [-0.39, 0.29) is 5.82 Å². The lowest BCUT2D eigenvalue weighted by atomic mass is 10.1. The number of benzene rings is 2. The second-order valence-corrected chi connectivity index (χ2v) is 6.37. The summed E-state index contributed by atoms with van der Waals surface area (Å²) in [5.74, 6) is -0.187. The Kier molecular flexibility index (Phi) is 4.77. The van der Waals surface area contributed by atoms with E-state index in [1.807, 2.05) is 12.1 Å². The number of hydrogen-bond acceptors (Lipinski definition) is 1. The molecule has 0 radical (unpaired) electrons. The molecular formula is C20H23FN2. The number of aryl methyl sites for hydroxylation is 1. The van der Waals surface area contributed by atoms with Gasteiger partial charge in [-0.05, 0) is 80.3 Å². The van der Waals surface area contributed by atoms with E-state index in [1.54, 1.807) is 0 Å². The van der Waals surface area contributed by atoms with Gasteiger partial charge in [-0.15, -0.1) is 0 Å². The molecule has 3 rings (SSSR count). The third-order valence-corrected chi connectivity index (χ3v) is 4.17. The number of aromatic nitrogens is 1. The summed E-state index contributed by atoms with van der Waals surface area (Å²) < 4.78 is 15.2. The average Bonchev–Trinajstić information content (AvgIpc) is 2.92. The Bertz CT molecular complexity index is 772. The summed E-state index contributed by atoms with van der Waals surface area (Å²) in [5.41, 5.74) is 3.73. The van der Waals surface area contributed by atoms with Crippen molar-refractivity contribution in [1.82, 2.24) is 9.47 Å². The van der Waals surface area contributed by atoms with E-state index >= 15 is 0 Å². The van der Waals surface area contributed by atoms with E-state index in [9.17, 15) is 4.39 Å². The van der Waals surface area contributed by atoms with Crippen LogP contribution in [0.15, 0.2) is 54.7 Å². The SMILES string of the molecule is CN(C)CCCc1ccc2c(ccn2Cc2ccc(F)cc2)c1. The molecule has 2 aromatic carbocycles. The largest absolute Gasteiger partial charge is 0.343 e. The van der Waals surface area contributed by atoms with Gasteiger partial charge in [0.1, 0.15) is 5.82 Å². The van der Waals surface area contributed by atoms with Gasteiger partial charge in [0.2, 0.25) is 0 Å². The van der Waals surface area contributed by atoms with E-state index in [2.05, 4.69) is 54.0 Å². The lowest BCUT2D eigenvalue weighted by Gasteiger charge is -2.09. The number of hydrogen-bond donors (Lipinski definition) is 0. The van der Waals surface area contributed by atoms with E-state index in [0.29, 0.717) is 0 Å². The van der Waals surface area contributed by atoms with Crippen LogP contribution in [0.2, 0.25) is 0 Å². The molecule has 0 aliphatic rings. The molecule has 3 heteroatoms. The van der Waals surface area contributed by atoms with Gasteiger partial charge in [-0.3, -0.25) is 0 Å². The second-order valence-electron chi connectivity index (χ2n) is 6.37. The smallest absolute Gasteiger partial charge is 0.123 e. The molecule has 0 bridgehead atoms. The first-order valence-corrected chi connectivity index (χ1v) is 8.09. The van der Waals surface area contributed by atoms with Gasteiger partial charge in [0, 0.05) is 18.3 Å². The monoisotopic (exact) mass is 310 g/mol. The van der Waals surface area contributed by atoms with Crippen LogP contribution in [0.5, 0.6) is 0 Å². The highest BCUT2D eigenvalue weighted by Crippen LogP contribution is 2.20. The van der Waals surface area contributed by atoms with Crippen LogP contribution >= 0.6 is 0 Å². The number of fused-ring (bicyclic) bond motifs is 1. The number of halogens is 1. The molecule has 3 aromatic rings. The Morgan fingerprint density at radius 3 is 2.43 bits per heavy atom. The molecule has 0 saturated heterocycles. The molecule has 1 heterocycles. The van der Waals surface area contributed by atoms with Crippen LogP contribution in [-0.2, 0) is 13.0 Å². The third kappa shape index (κ3) is 3.99. The topological polar surface area (TPSA) is 8.17 Å². The number of rotatable bonds is 6. The first kappa shape index (κ1) is 15.8. The molecule has 0 saturated carbocycles. The summed E-state index contributed by atoms with van der Waals surface area (Å²) in [6, 6.07) is 15.6. The van der Waals surface area contributed by atoms with Gasteiger partial charge in [0.25, 0.3) is 0 Å². The van der Waals surface area contributed by atoms with Crippen molar-refractivity contribution in [3.8, 4) is 0 Å². The van der Waals surface area contributed by atoms with Gasteiger partial charge in [-0.2, -0.15) is 0 Å². The summed E-state index contributed by atoms with van der Waals surface area (Å²) in [6.45, 7) is 1.88. The van der Waals surface area contributed by atoms with Crippen molar-refractivity contribution in [1.29, 1.82) is 0 Å². The van der Waals surface area contributed by atoms with Crippen LogP contribution in [0.25, 0.3) is 10.9 Å². The van der Waals surface area contributed by atoms with Crippen LogP contribution in [0.4, 0.5) is 4.39 Å². The van der Waals surface area contributed by atoms with E-state index in [4.69, 9.17) is 0 Å². The molecule has 23 heavy (non-hydrogen) atoms. The molecule has 1 aromatic heterocycles. The highest BCUT2D eigenvalue weighted by Gasteiger charge is 2.04. The van der Waals surface area contributed by atoms with Gasteiger partial charge in [0.15, 0.2) is 0 Å². The van der Waals surface area contributed by atoms with E-state index in [0.717, 1.165) is 25.1 Å². The van der Waals surface area contributed by atoms with Crippen LogP contribution in [0.1, 0.15) is 17.5 Å². The average molecular weight is 310 g/mol. The van der Waals surface area contributed by atoms with Crippen LogP contribution in [0.3, 0.4) is 0 Å². The quantitative estimate of drug-likeness (QED) is 0.658. The first-order chi connectivity index (χ1) is 11.1. The van der Waals surface area contributed by atoms with Crippen molar-refractivity contribution in [3.05, 3.63) is 71.7 Å². The molecule has 2 nitrogen and oxygen atoms in total. The standard InChI is InChI=1S/C20H23FN2/c1-22(2)12-3-4-16-7-10-20-18(14-16)11-13-23(20)15-17-5-8-19(21)9-6-17/h5-11,13-14H,3-4,12,15H2,1-2H3. The molecular weight excluding hydrogens is 287 g/mol. The predicted molar refractivity (Wildman–Crippen MR) is 94.3 cm³/mol. The molecule has 0 unspecified atom stereocenters. The summed E-state index contributed by atoms with van der Waals surface area (Å²) in [6.07, 6.45) is 4.39. The molecule has 0 fully saturated rings. The van der Waals surface area contributed by atoms with E-state index < -0.39 is 0 Å². The minimum absolute atomic E-state index is 0.187. The Labute approximate surface area is 137 Å². The first-order valence-electron chi connectivity index (χ1n) is 8.09. The van der Waals surface area contributed by atoms with Crippen LogP contribution in [0, 0.1) is 5.82 Å². The molecule has 0 aliphatic heterocycles. The van der Waals surface area contributed by atoms with Crippen molar-refractivity contribution in [2.24, 2.45) is 0 Å². The van der Waals surface area contributed by atoms with Gasteiger partial charge in [-0.25, -0.2) is 4.39 Å². The Balaban J connectivity index is 1.74. The van der Waals surface area contributed by atoms with Crippen LogP contribution < -0.4 is 0 Å². The maximum absolute atomic E-state index is 13.0. The highest BCUT2D eigenvalue weighted by molar-refractivity contribution is 5.81. The second kappa shape index (κ2) is 6.97. The van der Waals surface area contributed by atoms with Crippen molar-refractivity contribution < 1.29 is 4.39 Å². The van der Waals surface area contributed by atoms with Crippen molar-refractivity contribution in [2.45, 2.75) is 19.4 Å². The summed E-state index contributed by atoms with van der Waals surface area (Å²) >= 11 is 0. The zero-order valence-corrected chi connectivity index (χ0v) is 13.8. The molecule has 0 aliphatic carbocycles. The normalized spacial score (nSPS) is 11.5. The van der Waals surface area contributed by atoms with Crippen molar-refractivity contribution in [2.75, 3.05) is 20.6 Å². The lowest BCUT2D eigenvalue weighted by molar-refractivity contribution is 0.400. The zero-order chi connectivity index (χ0) is 16.2. The predicted octanol–water partition coefficient (Wildman–Crippen LogP) is 4.32. The summed E-state index contributed by atoms with van der Waals surface area (Å²) in [4.78, 5) is 2.22. The maximum Gasteiger partial charge on any atom is 0.123 e. The third-order valence-electron chi connectivity index (χ3n) is 4.17. The van der Waals surface area contributed by atoms with Crippen molar-refractivity contribution >= 4 is 10.9 Å². The molecule has 0 spiro atoms. The van der Waals surface area contributed by atoms with Crippen LogP contribution in [-0.4, -0.2) is 30.1 Å². The molecule has 0 atom stereocenters. The molecule has 0 N–H and O–H groups in total. The number of nitrogens with zero attached hydrogens (tertiary/aromatic N) is 2. The highest BCUT2D eigenvalue weighted by atomic mass is 19.1. The minimum atomic E-state index is -0.187. The summed E-state index contributed by atoms with van der Waals surface area (Å²) in [7, 11) is 4.22. The zero-order valence-electron chi connectivity index (χ0n) is 13.8. The maximum atomic E-state index is 13.0. The van der Waals surface area contributed by atoms with Crippen molar-refractivity contribution in [3.63, 3.8) is 0 Å². The fourth-order valence-electron chi connectivity index (χ4n) is 2.93. The summed E-state index contributed by atoms with van der Waals surface area (Å²) in [5, 5.41) is 1.27. The Morgan fingerprint density at radius 1 is 0.957 bits per heavy atom. The fourth-order valence-corrected chi connectivity index (χ4v) is 2.93. The minimum Gasteiger partial charge on any atom is -0.343 e. The Hall–Kier alpha value is -2.13. The lowest BCUT2D eigenvalue weighted by Crippen LogP contribution is -2.13. The molecule has 120 valence electrons. The van der Waals surface area contributed by atoms with Gasteiger partial charge >= 0.3 is 0 Å². The van der Waals surface area contributed by atoms with E-state index in [1.165, 1.54) is 35.0 Å². The van der Waals surface area contributed by atoms with Gasteiger partial charge < -0.3 is 9.47 Å². The Morgan fingerprint density at radius 2 is 1.70 bits per heavy atom. The van der Waals surface area contributed by atoms with Gasteiger partial charge in [-0.1, -0.05) is 18.2 Å². The molecule has 0 amide bonds. The van der Waals surface area contributed by atoms with Gasteiger partial charge in [0.05, 0.1) is 0 Å².